The second-order valence-electron chi connectivity index (χ2n) is 6.19. The Morgan fingerprint density at radius 1 is 1.19 bits per heavy atom. The lowest BCUT2D eigenvalue weighted by Crippen LogP contribution is -2.18. The van der Waals surface area contributed by atoms with Crippen LogP contribution in [0.5, 0.6) is 5.75 Å². The zero-order valence-electron chi connectivity index (χ0n) is 14.8. The molecule has 2 amide bonds. The van der Waals surface area contributed by atoms with Crippen molar-refractivity contribution in [3.8, 4) is 5.75 Å². The molecule has 142 valence electrons. The fourth-order valence-electron chi connectivity index (χ4n) is 3.04. The van der Waals surface area contributed by atoms with Crippen LogP contribution in [0.4, 0.5) is 10.7 Å². The van der Waals surface area contributed by atoms with E-state index in [-0.39, 0.29) is 18.7 Å². The van der Waals surface area contributed by atoms with Gasteiger partial charge in [-0.15, -0.1) is 11.3 Å². The summed E-state index contributed by atoms with van der Waals surface area (Å²) in [6.45, 7) is 0. The molecule has 0 aliphatic heterocycles. The number of carboxylic acid groups (broad SMARTS) is 1. The number of methoxy groups -OCH3 is 1. The Morgan fingerprint density at radius 2 is 2.00 bits per heavy atom. The van der Waals surface area contributed by atoms with Gasteiger partial charge in [0.05, 0.1) is 19.1 Å². The van der Waals surface area contributed by atoms with Crippen LogP contribution in [0.1, 0.15) is 40.1 Å². The number of hydrogen-bond acceptors (Lipinski definition) is 5. The summed E-state index contributed by atoms with van der Waals surface area (Å²) in [5, 5.41) is 14.8. The third-order valence-electron chi connectivity index (χ3n) is 4.29. The van der Waals surface area contributed by atoms with Crippen LogP contribution in [0, 0.1) is 0 Å². The third kappa shape index (κ3) is 4.46. The molecule has 0 fully saturated rings. The summed E-state index contributed by atoms with van der Waals surface area (Å²) in [7, 11) is 1.55. The monoisotopic (exact) mass is 388 g/mol. The molecule has 1 aliphatic carbocycles. The van der Waals surface area contributed by atoms with Crippen molar-refractivity contribution in [1.29, 1.82) is 0 Å². The van der Waals surface area contributed by atoms with Gasteiger partial charge in [-0.25, -0.2) is 0 Å². The van der Waals surface area contributed by atoms with Crippen molar-refractivity contribution < 1.29 is 24.2 Å². The van der Waals surface area contributed by atoms with E-state index >= 15 is 0 Å². The lowest BCUT2D eigenvalue weighted by atomic mass is 10.1. The first kappa shape index (κ1) is 18.9. The summed E-state index contributed by atoms with van der Waals surface area (Å²) >= 11 is 1.39. The molecule has 0 saturated carbocycles. The molecule has 1 aromatic heterocycles. The van der Waals surface area contributed by atoms with E-state index in [0.29, 0.717) is 22.0 Å². The van der Waals surface area contributed by atoms with Crippen LogP contribution in [0.2, 0.25) is 0 Å². The van der Waals surface area contributed by atoms with Gasteiger partial charge in [0.1, 0.15) is 10.8 Å². The maximum absolute atomic E-state index is 12.9. The Bertz CT molecular complexity index is 890. The quantitative estimate of drug-likeness (QED) is 0.675. The highest BCUT2D eigenvalue weighted by atomic mass is 32.1. The molecule has 3 N–H and O–H groups in total. The SMILES string of the molecule is COc1cccc(NC(=O)c2c(NC(=O)CCC(=O)O)sc3c2CCC3)c1. The van der Waals surface area contributed by atoms with E-state index in [4.69, 9.17) is 9.84 Å². The van der Waals surface area contributed by atoms with Crippen molar-refractivity contribution in [3.63, 3.8) is 0 Å². The van der Waals surface area contributed by atoms with Crippen molar-refractivity contribution in [1.82, 2.24) is 0 Å². The van der Waals surface area contributed by atoms with Crippen molar-refractivity contribution in [2.45, 2.75) is 32.1 Å². The van der Waals surface area contributed by atoms with E-state index in [9.17, 15) is 14.4 Å². The summed E-state index contributed by atoms with van der Waals surface area (Å²) in [6.07, 6.45) is 2.27. The van der Waals surface area contributed by atoms with Gasteiger partial charge >= 0.3 is 5.97 Å². The molecular formula is C19H20N2O5S. The Balaban J connectivity index is 1.81. The Labute approximate surface area is 160 Å². The topological polar surface area (TPSA) is 105 Å². The highest BCUT2D eigenvalue weighted by Crippen LogP contribution is 2.39. The fraction of sp³-hybridized carbons (Fsp3) is 0.316. The number of amides is 2. The number of carbonyl (C=O) groups excluding carboxylic acids is 2. The number of aliphatic carboxylic acids is 1. The molecule has 1 aliphatic rings. The molecule has 0 unspecified atom stereocenters. The molecular weight excluding hydrogens is 368 g/mol. The van der Waals surface area contributed by atoms with E-state index in [1.54, 1.807) is 31.4 Å². The minimum atomic E-state index is -1.03. The molecule has 7 nitrogen and oxygen atoms in total. The van der Waals surface area contributed by atoms with Crippen LogP contribution in [0.3, 0.4) is 0 Å². The van der Waals surface area contributed by atoms with Crippen LogP contribution < -0.4 is 15.4 Å². The summed E-state index contributed by atoms with van der Waals surface area (Å²) in [5.74, 6) is -1.11. The number of carbonyl (C=O) groups is 3. The van der Waals surface area contributed by atoms with Gasteiger partial charge in [-0.05, 0) is 37.0 Å². The normalized spacial score (nSPS) is 12.3. The number of ether oxygens (including phenoxy) is 1. The first-order valence-electron chi connectivity index (χ1n) is 8.59. The van der Waals surface area contributed by atoms with Gasteiger partial charge in [0.2, 0.25) is 5.91 Å². The lowest BCUT2D eigenvalue weighted by Gasteiger charge is -2.10. The van der Waals surface area contributed by atoms with Gasteiger partial charge in [-0.3, -0.25) is 14.4 Å². The van der Waals surface area contributed by atoms with Crippen molar-refractivity contribution in [2.24, 2.45) is 0 Å². The molecule has 8 heteroatoms. The number of benzene rings is 1. The predicted octanol–water partition coefficient (Wildman–Crippen LogP) is 3.30. The summed E-state index contributed by atoms with van der Waals surface area (Å²) < 4.78 is 5.17. The molecule has 0 atom stereocenters. The van der Waals surface area contributed by atoms with E-state index in [1.165, 1.54) is 11.3 Å². The standard InChI is InChI=1S/C19H20N2O5S/c1-26-12-5-2-4-11(10-12)20-18(25)17-13-6-3-7-14(13)27-19(17)21-15(22)8-9-16(23)24/h2,4-5,10H,3,6-9H2,1H3,(H,20,25)(H,21,22)(H,23,24). The largest absolute Gasteiger partial charge is 0.497 e. The number of aryl methyl sites for hydroxylation is 1. The smallest absolute Gasteiger partial charge is 0.303 e. The van der Waals surface area contributed by atoms with Gasteiger partial charge in [-0.2, -0.15) is 0 Å². The van der Waals surface area contributed by atoms with E-state index < -0.39 is 11.9 Å². The number of nitrogens with one attached hydrogen (secondary N) is 2. The number of rotatable bonds is 7. The average molecular weight is 388 g/mol. The highest BCUT2D eigenvalue weighted by Gasteiger charge is 2.27. The van der Waals surface area contributed by atoms with E-state index in [1.807, 2.05) is 0 Å². The molecule has 0 radical (unpaired) electrons. The van der Waals surface area contributed by atoms with Gasteiger partial charge in [0.25, 0.3) is 5.91 Å². The molecule has 0 bridgehead atoms. The number of anilines is 2. The maximum Gasteiger partial charge on any atom is 0.303 e. The first-order valence-corrected chi connectivity index (χ1v) is 9.41. The second-order valence-corrected chi connectivity index (χ2v) is 7.29. The molecule has 0 saturated heterocycles. The van der Waals surface area contributed by atoms with Crippen LogP contribution in [-0.4, -0.2) is 30.0 Å². The molecule has 27 heavy (non-hydrogen) atoms. The van der Waals surface area contributed by atoms with Crippen LogP contribution in [-0.2, 0) is 22.4 Å². The Morgan fingerprint density at radius 3 is 2.74 bits per heavy atom. The van der Waals surface area contributed by atoms with Crippen molar-refractivity contribution in [3.05, 3.63) is 40.3 Å². The first-order chi connectivity index (χ1) is 13.0. The Hall–Kier alpha value is -2.87. The zero-order chi connectivity index (χ0) is 19.4. The summed E-state index contributed by atoms with van der Waals surface area (Å²) in [5.41, 5.74) is 2.04. The van der Waals surface area contributed by atoms with Crippen LogP contribution in [0.15, 0.2) is 24.3 Å². The summed E-state index contributed by atoms with van der Waals surface area (Å²) in [4.78, 5) is 36.7. The minimum absolute atomic E-state index is 0.130. The number of fused-ring (bicyclic) bond motifs is 1. The third-order valence-corrected chi connectivity index (χ3v) is 5.50. The van der Waals surface area contributed by atoms with Crippen LogP contribution >= 0.6 is 11.3 Å². The molecule has 1 heterocycles. The van der Waals surface area contributed by atoms with Crippen LogP contribution in [0.25, 0.3) is 0 Å². The fourth-order valence-corrected chi connectivity index (χ4v) is 4.34. The molecule has 1 aromatic carbocycles. The maximum atomic E-state index is 12.9. The number of hydrogen-bond donors (Lipinski definition) is 3. The number of carboxylic acids is 1. The predicted molar refractivity (Wildman–Crippen MR) is 103 cm³/mol. The second kappa shape index (κ2) is 8.22. The van der Waals surface area contributed by atoms with E-state index in [2.05, 4.69) is 10.6 Å². The van der Waals surface area contributed by atoms with Gasteiger partial charge in [-0.1, -0.05) is 6.07 Å². The summed E-state index contributed by atoms with van der Waals surface area (Å²) in [6, 6.07) is 7.04. The molecule has 2 aromatic rings. The average Bonchev–Trinajstić information content (AvgIpc) is 3.20. The molecule has 3 rings (SSSR count). The van der Waals surface area contributed by atoms with E-state index in [0.717, 1.165) is 29.7 Å². The van der Waals surface area contributed by atoms with Crippen molar-refractivity contribution in [2.75, 3.05) is 17.7 Å². The minimum Gasteiger partial charge on any atom is -0.497 e. The highest BCUT2D eigenvalue weighted by molar-refractivity contribution is 7.17. The van der Waals surface area contributed by atoms with Gasteiger partial charge in [0, 0.05) is 23.1 Å². The van der Waals surface area contributed by atoms with Gasteiger partial charge in [0.15, 0.2) is 0 Å². The van der Waals surface area contributed by atoms with Gasteiger partial charge < -0.3 is 20.5 Å². The van der Waals surface area contributed by atoms with Crippen molar-refractivity contribution >= 4 is 39.8 Å². The number of thiophene rings is 1. The molecule has 0 spiro atoms. The lowest BCUT2D eigenvalue weighted by molar-refractivity contribution is -0.138. The Kier molecular flexibility index (Phi) is 5.75. The zero-order valence-corrected chi connectivity index (χ0v) is 15.6.